The van der Waals surface area contributed by atoms with Crippen LogP contribution >= 0.6 is 12.6 Å². The van der Waals surface area contributed by atoms with E-state index < -0.39 is 17.6 Å². The van der Waals surface area contributed by atoms with Gasteiger partial charge in [-0.2, -0.15) is 17.7 Å². The predicted octanol–water partition coefficient (Wildman–Crippen LogP) is 2.41. The largest absolute Gasteiger partial charge is 0.480 e. The lowest BCUT2D eigenvalue weighted by atomic mass is 10.1. The zero-order valence-electron chi connectivity index (χ0n) is 13.8. The quantitative estimate of drug-likeness (QED) is 0.528. The molecule has 0 bridgehead atoms. The number of pyridine rings is 1. The van der Waals surface area contributed by atoms with Crippen molar-refractivity contribution in [3.8, 4) is 11.1 Å². The number of carboxylic acid groups (broad SMARTS) is 1. The van der Waals surface area contributed by atoms with Crippen LogP contribution in [0.15, 0.2) is 53.7 Å². The van der Waals surface area contributed by atoms with Gasteiger partial charge in [0.2, 0.25) is 0 Å². The molecule has 0 aliphatic rings. The van der Waals surface area contributed by atoms with E-state index in [2.05, 4.69) is 22.7 Å². The SMILES string of the molecule is O=C(O)[C@H](CS)n1ccc2c(cnc3c(-c4ccc(F)cc4)cnn32)c1=O. The number of benzene rings is 1. The fourth-order valence-corrected chi connectivity index (χ4v) is 3.33. The molecule has 0 aliphatic heterocycles. The van der Waals surface area contributed by atoms with Gasteiger partial charge in [0.05, 0.1) is 17.1 Å². The summed E-state index contributed by atoms with van der Waals surface area (Å²) in [5.41, 5.74) is 1.96. The molecule has 1 aromatic carbocycles. The number of aliphatic carboxylic acids is 1. The van der Waals surface area contributed by atoms with Crippen molar-refractivity contribution in [3.63, 3.8) is 0 Å². The van der Waals surface area contributed by atoms with Crippen LogP contribution in [-0.2, 0) is 4.79 Å². The molecule has 27 heavy (non-hydrogen) atoms. The summed E-state index contributed by atoms with van der Waals surface area (Å²) >= 11 is 4.02. The second-order valence-electron chi connectivity index (χ2n) is 5.92. The maximum atomic E-state index is 13.2. The van der Waals surface area contributed by atoms with Crippen LogP contribution < -0.4 is 5.56 Å². The van der Waals surface area contributed by atoms with Crippen molar-refractivity contribution in [2.24, 2.45) is 0 Å². The van der Waals surface area contributed by atoms with E-state index in [0.717, 1.165) is 10.1 Å². The van der Waals surface area contributed by atoms with Gasteiger partial charge in [-0.3, -0.25) is 9.36 Å². The lowest BCUT2D eigenvalue weighted by molar-refractivity contribution is -0.140. The highest BCUT2D eigenvalue weighted by Crippen LogP contribution is 2.25. The Balaban J connectivity index is 1.93. The Morgan fingerprint density at radius 1 is 1.22 bits per heavy atom. The van der Waals surface area contributed by atoms with E-state index >= 15 is 0 Å². The van der Waals surface area contributed by atoms with Gasteiger partial charge in [-0.15, -0.1) is 0 Å². The maximum Gasteiger partial charge on any atom is 0.327 e. The van der Waals surface area contributed by atoms with Crippen molar-refractivity contribution in [1.29, 1.82) is 0 Å². The molecular formula is C18H13FN4O3S. The third-order valence-corrected chi connectivity index (χ3v) is 4.72. The Kier molecular flexibility index (Phi) is 4.15. The van der Waals surface area contributed by atoms with Crippen molar-refractivity contribution >= 4 is 35.1 Å². The number of aromatic nitrogens is 4. The molecule has 3 heterocycles. The van der Waals surface area contributed by atoms with Gasteiger partial charge in [0.25, 0.3) is 5.56 Å². The Morgan fingerprint density at radius 2 is 1.96 bits per heavy atom. The van der Waals surface area contributed by atoms with Crippen LogP contribution in [0.1, 0.15) is 6.04 Å². The highest BCUT2D eigenvalue weighted by Gasteiger charge is 2.21. The van der Waals surface area contributed by atoms with Crippen LogP contribution in [0.3, 0.4) is 0 Å². The molecular weight excluding hydrogens is 371 g/mol. The number of carbonyl (C=O) groups is 1. The monoisotopic (exact) mass is 384 g/mol. The van der Waals surface area contributed by atoms with Gasteiger partial charge in [-0.1, -0.05) is 12.1 Å². The number of fused-ring (bicyclic) bond motifs is 3. The van der Waals surface area contributed by atoms with E-state index in [1.165, 1.54) is 29.0 Å². The van der Waals surface area contributed by atoms with Gasteiger partial charge in [0.15, 0.2) is 5.65 Å². The second-order valence-corrected chi connectivity index (χ2v) is 6.29. The highest BCUT2D eigenvalue weighted by molar-refractivity contribution is 7.80. The average molecular weight is 384 g/mol. The van der Waals surface area contributed by atoms with Crippen LogP contribution in [-0.4, -0.2) is 36.0 Å². The van der Waals surface area contributed by atoms with E-state index in [1.54, 1.807) is 24.4 Å². The molecule has 0 saturated carbocycles. The summed E-state index contributed by atoms with van der Waals surface area (Å²) in [6, 6.07) is 6.49. The van der Waals surface area contributed by atoms with Crippen LogP contribution in [0, 0.1) is 5.82 Å². The summed E-state index contributed by atoms with van der Waals surface area (Å²) < 4.78 is 15.8. The maximum absolute atomic E-state index is 13.2. The molecule has 4 rings (SSSR count). The molecule has 0 spiro atoms. The van der Waals surface area contributed by atoms with Crippen molar-refractivity contribution in [3.05, 3.63) is 65.1 Å². The fourth-order valence-electron chi connectivity index (χ4n) is 2.99. The molecule has 9 heteroatoms. The normalized spacial score (nSPS) is 12.5. The molecule has 0 saturated heterocycles. The summed E-state index contributed by atoms with van der Waals surface area (Å²) in [7, 11) is 0. The van der Waals surface area contributed by atoms with Crippen LogP contribution in [0.5, 0.6) is 0 Å². The highest BCUT2D eigenvalue weighted by atomic mass is 32.1. The molecule has 0 aliphatic carbocycles. The van der Waals surface area contributed by atoms with Crippen molar-refractivity contribution in [1.82, 2.24) is 19.2 Å². The Hall–Kier alpha value is -3.20. The number of nitrogens with zero attached hydrogens (tertiary/aromatic N) is 4. The number of rotatable bonds is 4. The summed E-state index contributed by atoms with van der Waals surface area (Å²) in [4.78, 5) is 28.4. The minimum Gasteiger partial charge on any atom is -0.480 e. The van der Waals surface area contributed by atoms with Gasteiger partial charge >= 0.3 is 5.97 Å². The fraction of sp³-hybridized carbons (Fsp3) is 0.111. The molecule has 1 N–H and O–H groups in total. The predicted molar refractivity (Wildman–Crippen MR) is 101 cm³/mol. The summed E-state index contributed by atoms with van der Waals surface area (Å²) in [6.07, 6.45) is 4.41. The van der Waals surface area contributed by atoms with Gasteiger partial charge < -0.3 is 5.11 Å². The van der Waals surface area contributed by atoms with Crippen molar-refractivity contribution < 1.29 is 14.3 Å². The number of hydrogen-bond donors (Lipinski definition) is 2. The zero-order valence-corrected chi connectivity index (χ0v) is 14.7. The first kappa shape index (κ1) is 17.2. The summed E-state index contributed by atoms with van der Waals surface area (Å²) in [6.45, 7) is 0. The first-order chi connectivity index (χ1) is 13.0. The van der Waals surface area contributed by atoms with E-state index in [-0.39, 0.29) is 17.0 Å². The molecule has 0 amide bonds. The first-order valence-electron chi connectivity index (χ1n) is 7.98. The van der Waals surface area contributed by atoms with Crippen molar-refractivity contribution in [2.75, 3.05) is 5.75 Å². The first-order valence-corrected chi connectivity index (χ1v) is 8.61. The third-order valence-electron chi connectivity index (χ3n) is 4.37. The molecule has 4 aromatic rings. The lowest BCUT2D eigenvalue weighted by Crippen LogP contribution is -2.31. The number of hydrogen-bond acceptors (Lipinski definition) is 5. The standard InChI is InChI=1S/C18H13FN4O3S/c19-11-3-1-10(2-4-11)12-8-21-23-14-5-6-22(15(9-27)18(25)26)17(24)13(14)7-20-16(12)23/h1-8,15,27H,9H2,(H,25,26)/t15-/m0/s1. The molecule has 136 valence electrons. The van der Waals surface area contributed by atoms with E-state index in [9.17, 15) is 19.1 Å². The van der Waals surface area contributed by atoms with Gasteiger partial charge in [-0.05, 0) is 23.8 Å². The molecule has 0 unspecified atom stereocenters. The molecule has 3 aromatic heterocycles. The van der Waals surface area contributed by atoms with Gasteiger partial charge in [0.1, 0.15) is 11.9 Å². The third kappa shape index (κ3) is 2.76. The van der Waals surface area contributed by atoms with Crippen LogP contribution in [0.2, 0.25) is 0 Å². The Labute approximate surface area is 157 Å². The number of thiol groups is 1. The van der Waals surface area contributed by atoms with E-state index in [0.29, 0.717) is 16.7 Å². The lowest BCUT2D eigenvalue weighted by Gasteiger charge is -2.14. The van der Waals surface area contributed by atoms with Crippen LogP contribution in [0.25, 0.3) is 27.7 Å². The molecule has 0 fully saturated rings. The minimum atomic E-state index is -1.14. The number of carboxylic acids is 1. The van der Waals surface area contributed by atoms with Crippen LogP contribution in [0.4, 0.5) is 4.39 Å². The smallest absolute Gasteiger partial charge is 0.327 e. The average Bonchev–Trinajstić information content (AvgIpc) is 3.09. The zero-order chi connectivity index (χ0) is 19.1. The van der Waals surface area contributed by atoms with Crippen molar-refractivity contribution in [2.45, 2.75) is 6.04 Å². The molecule has 7 nitrogen and oxygen atoms in total. The number of halogens is 1. The Morgan fingerprint density at radius 3 is 2.63 bits per heavy atom. The van der Waals surface area contributed by atoms with E-state index in [4.69, 9.17) is 0 Å². The minimum absolute atomic E-state index is 0.0209. The second kappa shape index (κ2) is 6.51. The van der Waals surface area contributed by atoms with E-state index in [1.807, 2.05) is 0 Å². The summed E-state index contributed by atoms with van der Waals surface area (Å²) in [5, 5.41) is 13.8. The van der Waals surface area contributed by atoms with Gasteiger partial charge in [-0.25, -0.2) is 18.7 Å². The van der Waals surface area contributed by atoms with Gasteiger partial charge in [0, 0.05) is 23.7 Å². The topological polar surface area (TPSA) is 89.5 Å². The Bertz CT molecular complexity index is 1230. The molecule has 0 radical (unpaired) electrons. The summed E-state index contributed by atoms with van der Waals surface area (Å²) in [5.74, 6) is -1.50. The molecule has 1 atom stereocenters.